The highest BCUT2D eigenvalue weighted by atomic mass is 16.3. The molecule has 0 saturated heterocycles. The molecule has 1 amide bonds. The molecule has 7 nitrogen and oxygen atoms in total. The summed E-state index contributed by atoms with van der Waals surface area (Å²) in [6.45, 7) is 6.25. The number of aryl methyl sites for hydroxylation is 3. The van der Waals surface area contributed by atoms with E-state index in [-0.39, 0.29) is 5.91 Å². The number of aromatic amines is 1. The molecule has 0 radical (unpaired) electrons. The molecule has 0 aliphatic carbocycles. The average Bonchev–Trinajstić information content (AvgIpc) is 3.40. The summed E-state index contributed by atoms with van der Waals surface area (Å²) in [7, 11) is 0. The van der Waals surface area contributed by atoms with Crippen molar-refractivity contribution in [3.8, 4) is 17.1 Å². The molecule has 0 fully saturated rings. The zero-order chi connectivity index (χ0) is 19.7. The van der Waals surface area contributed by atoms with Crippen LogP contribution in [0.2, 0.25) is 0 Å². The molecular formula is C21H21N5O2. The van der Waals surface area contributed by atoms with Crippen molar-refractivity contribution in [1.29, 1.82) is 0 Å². The second-order valence-electron chi connectivity index (χ2n) is 6.77. The van der Waals surface area contributed by atoms with E-state index >= 15 is 0 Å². The first-order valence-corrected chi connectivity index (χ1v) is 9.02. The maximum absolute atomic E-state index is 12.4. The maximum Gasteiger partial charge on any atom is 0.272 e. The maximum atomic E-state index is 12.4. The van der Waals surface area contributed by atoms with E-state index in [0.717, 1.165) is 28.4 Å². The van der Waals surface area contributed by atoms with Crippen LogP contribution in [0.25, 0.3) is 17.1 Å². The van der Waals surface area contributed by atoms with E-state index in [0.29, 0.717) is 23.7 Å². The minimum atomic E-state index is -0.248. The predicted molar refractivity (Wildman–Crippen MR) is 105 cm³/mol. The summed E-state index contributed by atoms with van der Waals surface area (Å²) in [6, 6.07) is 15.4. The van der Waals surface area contributed by atoms with Gasteiger partial charge in [-0.05, 0) is 56.7 Å². The summed E-state index contributed by atoms with van der Waals surface area (Å²) >= 11 is 0. The van der Waals surface area contributed by atoms with Crippen molar-refractivity contribution in [2.45, 2.75) is 27.3 Å². The second-order valence-corrected chi connectivity index (χ2v) is 6.77. The summed E-state index contributed by atoms with van der Waals surface area (Å²) in [5.74, 6) is 1.21. The molecule has 3 heterocycles. The SMILES string of the molecule is Cc1cc(C)n(-c2cccc(CNC(=O)c3cc(-c4ccc(C)o4)[nH]n3)c2)n1. The standard InChI is InChI=1S/C21H21N5O2/c1-13-9-14(2)26(25-13)17-6-4-5-16(10-17)12-22-21(27)19-11-18(23-24-19)20-8-7-15(3)28-20/h4-11H,12H2,1-3H3,(H,22,27)(H,23,24). The van der Waals surface area contributed by atoms with Crippen LogP contribution in [-0.2, 0) is 6.54 Å². The summed E-state index contributed by atoms with van der Waals surface area (Å²) in [5.41, 5.74) is 4.97. The Bertz CT molecular complexity index is 1140. The van der Waals surface area contributed by atoms with Gasteiger partial charge in [0.15, 0.2) is 11.5 Å². The Morgan fingerprint density at radius 3 is 2.71 bits per heavy atom. The molecule has 0 spiro atoms. The van der Waals surface area contributed by atoms with E-state index in [4.69, 9.17) is 4.42 Å². The van der Waals surface area contributed by atoms with Gasteiger partial charge in [-0.2, -0.15) is 10.2 Å². The Balaban J connectivity index is 1.45. The zero-order valence-electron chi connectivity index (χ0n) is 16.0. The van der Waals surface area contributed by atoms with E-state index in [1.54, 1.807) is 6.07 Å². The van der Waals surface area contributed by atoms with E-state index in [1.807, 2.05) is 67.9 Å². The smallest absolute Gasteiger partial charge is 0.272 e. The van der Waals surface area contributed by atoms with E-state index < -0.39 is 0 Å². The van der Waals surface area contributed by atoms with Crippen LogP contribution in [0.1, 0.15) is 33.2 Å². The number of benzene rings is 1. The molecule has 28 heavy (non-hydrogen) atoms. The van der Waals surface area contributed by atoms with Crippen LogP contribution < -0.4 is 5.32 Å². The Kier molecular flexibility index (Phi) is 4.57. The van der Waals surface area contributed by atoms with Crippen LogP contribution in [0.3, 0.4) is 0 Å². The fourth-order valence-electron chi connectivity index (χ4n) is 3.10. The molecule has 0 atom stereocenters. The number of H-pyrrole nitrogens is 1. The zero-order valence-corrected chi connectivity index (χ0v) is 16.0. The molecule has 0 aliphatic rings. The van der Waals surface area contributed by atoms with Crippen molar-refractivity contribution in [1.82, 2.24) is 25.3 Å². The van der Waals surface area contributed by atoms with Gasteiger partial charge >= 0.3 is 0 Å². The quantitative estimate of drug-likeness (QED) is 0.556. The van der Waals surface area contributed by atoms with Crippen LogP contribution in [-0.4, -0.2) is 25.9 Å². The van der Waals surface area contributed by atoms with Crippen LogP contribution >= 0.6 is 0 Å². The van der Waals surface area contributed by atoms with Gasteiger partial charge in [-0.3, -0.25) is 9.89 Å². The Labute approximate surface area is 162 Å². The topological polar surface area (TPSA) is 88.7 Å². The molecule has 2 N–H and O–H groups in total. The molecule has 7 heteroatoms. The number of hydrogen-bond acceptors (Lipinski definition) is 4. The lowest BCUT2D eigenvalue weighted by Crippen LogP contribution is -2.23. The molecule has 0 bridgehead atoms. The van der Waals surface area contributed by atoms with Gasteiger partial charge in [0.2, 0.25) is 0 Å². The van der Waals surface area contributed by atoms with Gasteiger partial charge in [0, 0.05) is 18.3 Å². The highest BCUT2D eigenvalue weighted by Crippen LogP contribution is 2.20. The largest absolute Gasteiger partial charge is 0.460 e. The summed E-state index contributed by atoms with van der Waals surface area (Å²) in [6.07, 6.45) is 0. The van der Waals surface area contributed by atoms with Gasteiger partial charge < -0.3 is 9.73 Å². The molecule has 142 valence electrons. The first-order valence-electron chi connectivity index (χ1n) is 9.02. The van der Waals surface area contributed by atoms with E-state index in [9.17, 15) is 4.79 Å². The van der Waals surface area contributed by atoms with Gasteiger partial charge in [-0.25, -0.2) is 4.68 Å². The number of carbonyl (C=O) groups is 1. The fourth-order valence-corrected chi connectivity index (χ4v) is 3.10. The summed E-state index contributed by atoms with van der Waals surface area (Å²) < 4.78 is 7.44. The van der Waals surface area contributed by atoms with Gasteiger partial charge in [0.1, 0.15) is 11.5 Å². The second kappa shape index (κ2) is 7.19. The lowest BCUT2D eigenvalue weighted by Gasteiger charge is -2.08. The van der Waals surface area contributed by atoms with Gasteiger partial charge in [-0.15, -0.1) is 0 Å². The number of nitrogens with one attached hydrogen (secondary N) is 2. The first-order chi connectivity index (χ1) is 13.5. The highest BCUT2D eigenvalue weighted by Gasteiger charge is 2.13. The molecule has 0 aliphatic heterocycles. The van der Waals surface area contributed by atoms with Crippen LogP contribution in [0, 0.1) is 20.8 Å². The molecular weight excluding hydrogens is 354 g/mol. The number of nitrogens with zero attached hydrogens (tertiary/aromatic N) is 3. The van der Waals surface area contributed by atoms with Crippen molar-refractivity contribution in [2.24, 2.45) is 0 Å². The summed E-state index contributed by atoms with van der Waals surface area (Å²) in [4.78, 5) is 12.4. The van der Waals surface area contributed by atoms with Crippen molar-refractivity contribution in [3.05, 3.63) is 76.9 Å². The van der Waals surface area contributed by atoms with E-state index in [1.165, 1.54) is 0 Å². The van der Waals surface area contributed by atoms with E-state index in [2.05, 4.69) is 20.6 Å². The molecule has 0 saturated carbocycles. The molecule has 4 aromatic rings. The predicted octanol–water partition coefficient (Wildman–Crippen LogP) is 3.71. The Morgan fingerprint density at radius 2 is 2.00 bits per heavy atom. The molecule has 1 aromatic carbocycles. The Morgan fingerprint density at radius 1 is 1.14 bits per heavy atom. The van der Waals surface area contributed by atoms with Crippen molar-refractivity contribution < 1.29 is 9.21 Å². The molecule has 0 unspecified atom stereocenters. The number of rotatable bonds is 5. The van der Waals surface area contributed by atoms with Gasteiger partial charge in [0.05, 0.1) is 11.4 Å². The minimum absolute atomic E-state index is 0.248. The van der Waals surface area contributed by atoms with Crippen LogP contribution in [0.5, 0.6) is 0 Å². The number of carbonyl (C=O) groups excluding carboxylic acids is 1. The number of hydrogen-bond donors (Lipinski definition) is 2. The van der Waals surface area contributed by atoms with Crippen molar-refractivity contribution in [3.63, 3.8) is 0 Å². The van der Waals surface area contributed by atoms with Crippen molar-refractivity contribution in [2.75, 3.05) is 0 Å². The van der Waals surface area contributed by atoms with Gasteiger partial charge in [0.25, 0.3) is 5.91 Å². The van der Waals surface area contributed by atoms with Crippen LogP contribution in [0.15, 0.2) is 52.9 Å². The molecule has 4 rings (SSSR count). The number of aromatic nitrogens is 4. The fraction of sp³-hybridized carbons (Fsp3) is 0.190. The Hall–Kier alpha value is -3.61. The average molecular weight is 375 g/mol. The number of amides is 1. The third-order valence-corrected chi connectivity index (χ3v) is 4.43. The normalized spacial score (nSPS) is 11.0. The van der Waals surface area contributed by atoms with Gasteiger partial charge in [-0.1, -0.05) is 12.1 Å². The van der Waals surface area contributed by atoms with Crippen LogP contribution in [0.4, 0.5) is 0 Å². The third kappa shape index (κ3) is 3.59. The monoisotopic (exact) mass is 375 g/mol. The first kappa shape index (κ1) is 17.8. The summed E-state index contributed by atoms with van der Waals surface area (Å²) in [5, 5.41) is 14.3. The third-order valence-electron chi connectivity index (χ3n) is 4.43. The molecule has 3 aromatic heterocycles. The lowest BCUT2D eigenvalue weighted by atomic mass is 10.2. The highest BCUT2D eigenvalue weighted by molar-refractivity contribution is 5.93. The number of furan rings is 1. The van der Waals surface area contributed by atoms with Crippen molar-refractivity contribution >= 4 is 5.91 Å². The lowest BCUT2D eigenvalue weighted by molar-refractivity contribution is 0.0946. The minimum Gasteiger partial charge on any atom is -0.460 e.